The van der Waals surface area contributed by atoms with Crippen molar-refractivity contribution in [3.05, 3.63) is 22.8 Å². The fourth-order valence-corrected chi connectivity index (χ4v) is 3.53. The lowest BCUT2D eigenvalue weighted by Gasteiger charge is -2.23. The molecule has 1 atom stereocenters. The normalized spacial score (nSPS) is 22.0. The van der Waals surface area contributed by atoms with Crippen LogP contribution in [0.4, 0.5) is 0 Å². The van der Waals surface area contributed by atoms with Crippen LogP contribution in [0.25, 0.3) is 0 Å². The number of Topliss-reactive ketones (excluding diaryl/α,β-unsaturated/α-hetero) is 1. The first kappa shape index (κ1) is 17.4. The maximum atomic E-state index is 12.5. The Bertz CT molecular complexity index is 579. The van der Waals surface area contributed by atoms with Crippen molar-refractivity contribution >= 4 is 17.7 Å². The van der Waals surface area contributed by atoms with Crippen LogP contribution < -0.4 is 0 Å². The standard InChI is InChI=1S/C18H24O5/c1-5-11-13-9-18(16(20)22-7-3,17(21)23-8-4)10-14(13)12(6-2)15(11)19/h9,11H,5-8,10H2,1-4H3. The maximum absolute atomic E-state index is 12.5. The Hall–Kier alpha value is -1.91. The molecule has 5 heteroatoms. The second-order valence-electron chi connectivity index (χ2n) is 5.82. The zero-order valence-corrected chi connectivity index (χ0v) is 14.2. The van der Waals surface area contributed by atoms with Crippen LogP contribution in [0.3, 0.4) is 0 Å². The van der Waals surface area contributed by atoms with E-state index in [2.05, 4.69) is 0 Å². The van der Waals surface area contributed by atoms with E-state index in [0.29, 0.717) is 12.8 Å². The summed E-state index contributed by atoms with van der Waals surface area (Å²) in [5.74, 6) is -1.32. The van der Waals surface area contributed by atoms with Crippen molar-refractivity contribution in [3.8, 4) is 0 Å². The fraction of sp³-hybridized carbons (Fsp3) is 0.611. The molecule has 0 heterocycles. The molecule has 0 amide bonds. The second kappa shape index (κ2) is 6.69. The average Bonchev–Trinajstić information content (AvgIpc) is 3.01. The summed E-state index contributed by atoms with van der Waals surface area (Å²) in [5, 5.41) is 0. The van der Waals surface area contributed by atoms with E-state index < -0.39 is 17.4 Å². The van der Waals surface area contributed by atoms with E-state index in [-0.39, 0.29) is 31.3 Å². The molecule has 0 aliphatic heterocycles. The van der Waals surface area contributed by atoms with E-state index in [0.717, 1.165) is 16.7 Å². The first-order chi connectivity index (χ1) is 11.0. The van der Waals surface area contributed by atoms with Crippen LogP contribution in [-0.2, 0) is 23.9 Å². The summed E-state index contributed by atoms with van der Waals surface area (Å²) < 4.78 is 10.3. The van der Waals surface area contributed by atoms with Crippen molar-refractivity contribution in [1.29, 1.82) is 0 Å². The number of carbonyl (C=O) groups is 3. The van der Waals surface area contributed by atoms with Gasteiger partial charge in [-0.25, -0.2) is 0 Å². The zero-order chi connectivity index (χ0) is 17.2. The van der Waals surface area contributed by atoms with Gasteiger partial charge in [0.05, 0.1) is 13.2 Å². The van der Waals surface area contributed by atoms with Gasteiger partial charge in [0.25, 0.3) is 0 Å². The first-order valence-corrected chi connectivity index (χ1v) is 8.30. The number of rotatable bonds is 6. The molecule has 0 aromatic heterocycles. The van der Waals surface area contributed by atoms with E-state index in [1.807, 2.05) is 13.8 Å². The Morgan fingerprint density at radius 3 is 2.13 bits per heavy atom. The van der Waals surface area contributed by atoms with Gasteiger partial charge in [0.2, 0.25) is 0 Å². The van der Waals surface area contributed by atoms with E-state index in [9.17, 15) is 14.4 Å². The molecule has 0 saturated heterocycles. The van der Waals surface area contributed by atoms with Gasteiger partial charge in [0.1, 0.15) is 0 Å². The lowest BCUT2D eigenvalue weighted by Crippen LogP contribution is -2.39. The molecular weight excluding hydrogens is 296 g/mol. The second-order valence-corrected chi connectivity index (χ2v) is 5.82. The summed E-state index contributed by atoms with van der Waals surface area (Å²) in [5.41, 5.74) is 0.949. The predicted octanol–water partition coefficient (Wildman–Crippen LogP) is 2.74. The topological polar surface area (TPSA) is 69.7 Å². The molecule has 0 saturated carbocycles. The molecule has 126 valence electrons. The molecule has 0 aromatic carbocycles. The van der Waals surface area contributed by atoms with E-state index in [4.69, 9.17) is 9.47 Å². The van der Waals surface area contributed by atoms with Gasteiger partial charge in [-0.05, 0) is 43.4 Å². The van der Waals surface area contributed by atoms with Gasteiger partial charge in [-0.1, -0.05) is 19.9 Å². The van der Waals surface area contributed by atoms with Crippen LogP contribution in [-0.4, -0.2) is 30.9 Å². The van der Waals surface area contributed by atoms with Crippen LogP contribution in [0.15, 0.2) is 22.8 Å². The van der Waals surface area contributed by atoms with Gasteiger partial charge < -0.3 is 9.47 Å². The number of ketones is 1. The van der Waals surface area contributed by atoms with Crippen molar-refractivity contribution < 1.29 is 23.9 Å². The molecule has 1 unspecified atom stereocenters. The summed E-state index contributed by atoms with van der Waals surface area (Å²) in [6.07, 6.45) is 3.06. The molecule has 2 rings (SSSR count). The predicted molar refractivity (Wildman–Crippen MR) is 84.5 cm³/mol. The van der Waals surface area contributed by atoms with E-state index >= 15 is 0 Å². The smallest absolute Gasteiger partial charge is 0.327 e. The third-order valence-electron chi connectivity index (χ3n) is 4.60. The molecule has 5 nitrogen and oxygen atoms in total. The van der Waals surface area contributed by atoms with Gasteiger partial charge >= 0.3 is 11.9 Å². The maximum Gasteiger partial charge on any atom is 0.327 e. The van der Waals surface area contributed by atoms with Crippen LogP contribution >= 0.6 is 0 Å². The molecule has 2 aliphatic carbocycles. The van der Waals surface area contributed by atoms with Crippen LogP contribution in [0.2, 0.25) is 0 Å². The summed E-state index contributed by atoms with van der Waals surface area (Å²) in [6, 6.07) is 0. The Morgan fingerprint density at radius 1 is 1.13 bits per heavy atom. The number of esters is 2. The molecule has 0 fully saturated rings. The lowest BCUT2D eigenvalue weighted by atomic mass is 9.85. The number of allylic oxidation sites excluding steroid dienone is 3. The molecular formula is C18H24O5. The van der Waals surface area contributed by atoms with Gasteiger partial charge in [0.15, 0.2) is 11.2 Å². The van der Waals surface area contributed by atoms with Crippen LogP contribution in [0.1, 0.15) is 47.0 Å². The third kappa shape index (κ3) is 2.62. The highest BCUT2D eigenvalue weighted by molar-refractivity contribution is 6.10. The minimum Gasteiger partial charge on any atom is -0.465 e. The Labute approximate surface area is 136 Å². The monoisotopic (exact) mass is 320 g/mol. The highest BCUT2D eigenvalue weighted by Gasteiger charge is 2.55. The van der Waals surface area contributed by atoms with Crippen molar-refractivity contribution in [1.82, 2.24) is 0 Å². The van der Waals surface area contributed by atoms with Gasteiger partial charge in [-0.2, -0.15) is 0 Å². The van der Waals surface area contributed by atoms with Gasteiger partial charge in [0, 0.05) is 12.3 Å². The highest BCUT2D eigenvalue weighted by atomic mass is 16.6. The number of ether oxygens (including phenoxy) is 2. The summed E-state index contributed by atoms with van der Waals surface area (Å²) in [7, 11) is 0. The van der Waals surface area contributed by atoms with Crippen molar-refractivity contribution in [2.45, 2.75) is 47.0 Å². The zero-order valence-electron chi connectivity index (χ0n) is 14.2. The highest BCUT2D eigenvalue weighted by Crippen LogP contribution is 2.51. The number of fused-ring (bicyclic) bond motifs is 1. The van der Waals surface area contributed by atoms with E-state index in [1.165, 1.54) is 0 Å². The van der Waals surface area contributed by atoms with Gasteiger partial charge in [-0.3, -0.25) is 14.4 Å². The van der Waals surface area contributed by atoms with E-state index in [1.54, 1.807) is 19.9 Å². The van der Waals surface area contributed by atoms with Crippen LogP contribution in [0, 0.1) is 11.3 Å². The van der Waals surface area contributed by atoms with Crippen LogP contribution in [0.5, 0.6) is 0 Å². The summed E-state index contributed by atoms with van der Waals surface area (Å²) >= 11 is 0. The number of hydrogen-bond acceptors (Lipinski definition) is 5. The Kier molecular flexibility index (Phi) is 5.07. The fourth-order valence-electron chi connectivity index (χ4n) is 3.53. The van der Waals surface area contributed by atoms with Crippen molar-refractivity contribution in [2.75, 3.05) is 13.2 Å². The number of carbonyl (C=O) groups excluding carboxylic acids is 3. The third-order valence-corrected chi connectivity index (χ3v) is 4.60. The minimum absolute atomic E-state index is 0.123. The molecule has 23 heavy (non-hydrogen) atoms. The quantitative estimate of drug-likeness (QED) is 0.556. The lowest BCUT2D eigenvalue weighted by molar-refractivity contribution is -0.167. The largest absolute Gasteiger partial charge is 0.465 e. The molecule has 0 bridgehead atoms. The SMILES string of the molecule is CCOC(=O)C1(C(=O)OCC)C=C2C(=C(CC)C(=O)C2CC)C1. The average molecular weight is 320 g/mol. The molecule has 0 spiro atoms. The van der Waals surface area contributed by atoms with Crippen molar-refractivity contribution in [3.63, 3.8) is 0 Å². The summed E-state index contributed by atoms with van der Waals surface area (Å²) in [4.78, 5) is 37.5. The Balaban J connectivity index is 2.52. The molecule has 2 aliphatic rings. The van der Waals surface area contributed by atoms with Gasteiger partial charge in [-0.15, -0.1) is 0 Å². The molecule has 0 aromatic rings. The summed E-state index contributed by atoms with van der Waals surface area (Å²) in [6.45, 7) is 7.65. The molecule has 0 radical (unpaired) electrons. The van der Waals surface area contributed by atoms with Crippen molar-refractivity contribution in [2.24, 2.45) is 11.3 Å². The minimum atomic E-state index is -1.44. The first-order valence-electron chi connectivity index (χ1n) is 8.30. The number of hydrogen-bond donors (Lipinski definition) is 0. The molecule has 0 N–H and O–H groups in total. The Morgan fingerprint density at radius 2 is 1.70 bits per heavy atom.